The van der Waals surface area contributed by atoms with E-state index in [1.54, 1.807) is 6.08 Å². The van der Waals surface area contributed by atoms with E-state index in [0.29, 0.717) is 0 Å². The van der Waals surface area contributed by atoms with Gasteiger partial charge < -0.3 is 15.8 Å². The number of hydrogen-bond acceptors (Lipinski definition) is 4. The lowest BCUT2D eigenvalue weighted by atomic mass is 9.71. The van der Waals surface area contributed by atoms with Gasteiger partial charge in [-0.05, 0) is 70.2 Å². The van der Waals surface area contributed by atoms with Crippen molar-refractivity contribution in [3.8, 4) is 22.5 Å². The molecule has 0 saturated heterocycles. The average molecular weight is 523 g/mol. The number of aromatic nitrogens is 2. The number of amides is 2. The maximum Gasteiger partial charge on any atom is 0.408 e. The summed E-state index contributed by atoms with van der Waals surface area (Å²) in [4.78, 5) is 29.1. The van der Waals surface area contributed by atoms with Crippen LogP contribution in [0.15, 0.2) is 72.9 Å². The highest BCUT2D eigenvalue weighted by Gasteiger charge is 2.41. The molecule has 0 atom stereocenters. The number of pyridine rings is 1. The fourth-order valence-electron chi connectivity index (χ4n) is 5.14. The second-order valence-corrected chi connectivity index (χ2v) is 11.2. The van der Waals surface area contributed by atoms with Gasteiger partial charge in [-0.25, -0.2) is 9.78 Å². The second kappa shape index (κ2) is 10.1. The molecule has 0 bridgehead atoms. The summed E-state index contributed by atoms with van der Waals surface area (Å²) in [6, 6.07) is 20.4. The minimum absolute atomic E-state index is 0.398. The maximum absolute atomic E-state index is 12.6. The van der Waals surface area contributed by atoms with Crippen LogP contribution in [0.3, 0.4) is 0 Å². The quantitative estimate of drug-likeness (QED) is 0.287. The van der Waals surface area contributed by atoms with E-state index in [1.165, 1.54) is 6.08 Å². The number of imidazole rings is 1. The summed E-state index contributed by atoms with van der Waals surface area (Å²) < 4.78 is 7.62. The second-order valence-electron chi connectivity index (χ2n) is 11.2. The molecule has 2 aromatic heterocycles. The van der Waals surface area contributed by atoms with Crippen LogP contribution in [0.25, 0.3) is 34.2 Å². The van der Waals surface area contributed by atoms with Crippen molar-refractivity contribution in [2.45, 2.75) is 58.1 Å². The number of benzene rings is 2. The van der Waals surface area contributed by atoms with Gasteiger partial charge >= 0.3 is 6.09 Å². The highest BCUT2D eigenvalue weighted by molar-refractivity contribution is 5.92. The minimum Gasteiger partial charge on any atom is -0.444 e. The van der Waals surface area contributed by atoms with Crippen molar-refractivity contribution in [3.63, 3.8) is 0 Å². The number of nitrogens with zero attached hydrogens (tertiary/aromatic N) is 2. The molecule has 3 N–H and O–H groups in total. The van der Waals surface area contributed by atoms with E-state index >= 15 is 0 Å². The van der Waals surface area contributed by atoms with E-state index in [4.69, 9.17) is 15.5 Å². The van der Waals surface area contributed by atoms with Crippen LogP contribution < -0.4 is 11.1 Å². The van der Waals surface area contributed by atoms with E-state index in [1.807, 2.05) is 52.0 Å². The van der Waals surface area contributed by atoms with Crippen molar-refractivity contribution in [1.29, 1.82) is 0 Å². The van der Waals surface area contributed by atoms with E-state index in [2.05, 4.69) is 52.3 Å². The first-order valence-corrected chi connectivity index (χ1v) is 13.2. The molecule has 200 valence electrons. The molecule has 39 heavy (non-hydrogen) atoms. The first-order chi connectivity index (χ1) is 18.5. The van der Waals surface area contributed by atoms with Crippen LogP contribution in [0.4, 0.5) is 4.79 Å². The van der Waals surface area contributed by atoms with E-state index in [-0.39, 0.29) is 0 Å². The molecular formula is C32H34N4O3. The Morgan fingerprint density at radius 3 is 2.33 bits per heavy atom. The van der Waals surface area contributed by atoms with Gasteiger partial charge in [-0.15, -0.1) is 0 Å². The van der Waals surface area contributed by atoms with Crippen molar-refractivity contribution < 1.29 is 14.3 Å². The van der Waals surface area contributed by atoms with Crippen LogP contribution in [0, 0.1) is 6.92 Å². The maximum atomic E-state index is 12.6. The molecule has 2 aromatic carbocycles. The van der Waals surface area contributed by atoms with Gasteiger partial charge in [0.25, 0.3) is 0 Å². The van der Waals surface area contributed by atoms with Crippen molar-refractivity contribution in [2.24, 2.45) is 5.73 Å². The standard InChI is InChI=1S/C32H34N4O3/c1-21-19-24(13-16-26(33)37)29-34-27(28(36(29)20-21)23-9-6-5-7-10-23)22-11-14-25(15-12-22)32(17-8-18-32)35-30(38)39-31(2,3)4/h5-7,9-16,19-20H,8,17-18H2,1-4H3,(H2,33,37)(H,35,38). The summed E-state index contributed by atoms with van der Waals surface area (Å²) in [6.07, 6.45) is 7.50. The lowest BCUT2D eigenvalue weighted by molar-refractivity contribution is -0.113. The summed E-state index contributed by atoms with van der Waals surface area (Å²) in [5.41, 5.74) is 11.8. The third-order valence-corrected chi connectivity index (χ3v) is 7.02. The fraction of sp³-hybridized carbons (Fsp3) is 0.281. The number of hydrogen-bond donors (Lipinski definition) is 2. The van der Waals surface area contributed by atoms with Crippen LogP contribution >= 0.6 is 0 Å². The van der Waals surface area contributed by atoms with Crippen molar-refractivity contribution in [1.82, 2.24) is 14.7 Å². The first kappa shape index (κ1) is 26.2. The molecule has 0 aliphatic heterocycles. The van der Waals surface area contributed by atoms with Gasteiger partial charge in [0.15, 0.2) is 0 Å². The lowest BCUT2D eigenvalue weighted by Crippen LogP contribution is -2.52. The molecule has 1 saturated carbocycles. The SMILES string of the molecule is Cc1cc(C=CC(N)=O)c2nc(-c3ccc(C4(NC(=O)OC(C)(C)C)CCC4)cc3)c(-c3ccccc3)n2c1. The zero-order valence-electron chi connectivity index (χ0n) is 22.8. The van der Waals surface area contributed by atoms with Crippen LogP contribution in [-0.4, -0.2) is 27.0 Å². The van der Waals surface area contributed by atoms with Crippen LogP contribution in [0.1, 0.15) is 56.7 Å². The summed E-state index contributed by atoms with van der Waals surface area (Å²) in [6.45, 7) is 7.61. The lowest BCUT2D eigenvalue weighted by Gasteiger charge is -2.43. The third-order valence-electron chi connectivity index (χ3n) is 7.02. The third kappa shape index (κ3) is 5.43. The zero-order chi connectivity index (χ0) is 27.8. The number of fused-ring (bicyclic) bond motifs is 1. The first-order valence-electron chi connectivity index (χ1n) is 13.2. The number of carbonyl (C=O) groups excluding carboxylic acids is 2. The Morgan fingerprint density at radius 1 is 1.05 bits per heavy atom. The Hall–Kier alpha value is -4.39. The summed E-state index contributed by atoms with van der Waals surface area (Å²) >= 11 is 0. The number of primary amides is 1. The Morgan fingerprint density at radius 2 is 1.74 bits per heavy atom. The molecule has 0 unspecified atom stereocenters. The molecule has 2 amide bonds. The highest BCUT2D eigenvalue weighted by atomic mass is 16.6. The fourth-order valence-corrected chi connectivity index (χ4v) is 5.14. The molecule has 2 heterocycles. The van der Waals surface area contributed by atoms with Gasteiger partial charge in [0, 0.05) is 29.0 Å². The molecule has 1 aliphatic rings. The molecule has 5 rings (SSSR count). The number of carbonyl (C=O) groups is 2. The number of aryl methyl sites for hydroxylation is 1. The Balaban J connectivity index is 1.58. The Labute approximate surface area is 228 Å². The molecule has 4 aromatic rings. The normalized spacial score (nSPS) is 14.8. The minimum atomic E-state index is -0.556. The number of rotatable bonds is 6. The number of ether oxygens (including phenoxy) is 1. The van der Waals surface area contributed by atoms with Gasteiger partial charge in [-0.3, -0.25) is 9.20 Å². The van der Waals surface area contributed by atoms with Gasteiger partial charge in [0.2, 0.25) is 5.91 Å². The summed E-state index contributed by atoms with van der Waals surface area (Å²) in [7, 11) is 0. The number of alkyl carbamates (subject to hydrolysis) is 1. The Kier molecular flexibility index (Phi) is 6.76. The smallest absolute Gasteiger partial charge is 0.408 e. The summed E-state index contributed by atoms with van der Waals surface area (Å²) in [5, 5.41) is 3.13. The molecular weight excluding hydrogens is 488 g/mol. The van der Waals surface area contributed by atoms with Gasteiger partial charge in [-0.1, -0.05) is 54.6 Å². The molecule has 1 aliphatic carbocycles. The van der Waals surface area contributed by atoms with Gasteiger partial charge in [-0.2, -0.15) is 0 Å². The topological polar surface area (TPSA) is 98.7 Å². The summed E-state index contributed by atoms with van der Waals surface area (Å²) in [5.74, 6) is -0.509. The molecule has 7 heteroatoms. The van der Waals surface area contributed by atoms with E-state index < -0.39 is 23.1 Å². The molecule has 0 spiro atoms. The van der Waals surface area contributed by atoms with Crippen molar-refractivity contribution in [2.75, 3.05) is 0 Å². The molecule has 0 radical (unpaired) electrons. The van der Waals surface area contributed by atoms with Gasteiger partial charge in [0.1, 0.15) is 11.2 Å². The van der Waals surface area contributed by atoms with Gasteiger partial charge in [0.05, 0.1) is 16.9 Å². The van der Waals surface area contributed by atoms with E-state index in [0.717, 1.165) is 64.1 Å². The largest absolute Gasteiger partial charge is 0.444 e. The van der Waals surface area contributed by atoms with Crippen LogP contribution in [-0.2, 0) is 15.1 Å². The Bertz CT molecular complexity index is 1560. The van der Waals surface area contributed by atoms with Crippen molar-refractivity contribution >= 4 is 23.7 Å². The monoisotopic (exact) mass is 522 g/mol. The van der Waals surface area contributed by atoms with E-state index in [9.17, 15) is 9.59 Å². The number of nitrogens with one attached hydrogen (secondary N) is 1. The highest BCUT2D eigenvalue weighted by Crippen LogP contribution is 2.42. The van der Waals surface area contributed by atoms with Crippen LogP contribution in [0.2, 0.25) is 0 Å². The predicted octanol–water partition coefficient (Wildman–Crippen LogP) is 6.38. The molecule has 1 fully saturated rings. The van der Waals surface area contributed by atoms with Crippen molar-refractivity contribution in [3.05, 3.63) is 89.6 Å². The predicted molar refractivity (Wildman–Crippen MR) is 154 cm³/mol. The zero-order valence-corrected chi connectivity index (χ0v) is 22.8. The number of nitrogens with two attached hydrogens (primary N) is 1. The van der Waals surface area contributed by atoms with Crippen LogP contribution in [0.5, 0.6) is 0 Å². The molecule has 7 nitrogen and oxygen atoms in total. The average Bonchev–Trinajstić information content (AvgIpc) is 3.23.